The summed E-state index contributed by atoms with van der Waals surface area (Å²) in [6, 6.07) is 13.2. The molecule has 3 rings (SSSR count). The van der Waals surface area contributed by atoms with Crippen molar-refractivity contribution in [1.29, 1.82) is 0 Å². The van der Waals surface area contributed by atoms with Gasteiger partial charge in [0.1, 0.15) is 30.2 Å². The minimum Gasteiger partial charge on any atom is -0.491 e. The maximum Gasteiger partial charge on any atom is 0.322 e. The van der Waals surface area contributed by atoms with E-state index in [1.54, 1.807) is 18.2 Å². The van der Waals surface area contributed by atoms with Crippen molar-refractivity contribution < 1.29 is 29.0 Å². The first kappa shape index (κ1) is 27.3. The molecule has 0 aliphatic heterocycles. The normalized spacial score (nSPS) is 13.0. The zero-order valence-corrected chi connectivity index (χ0v) is 22.0. The summed E-state index contributed by atoms with van der Waals surface area (Å²) in [4.78, 5) is 23.1. The molecule has 3 N–H and O–H groups in total. The van der Waals surface area contributed by atoms with Gasteiger partial charge in [0.25, 0.3) is 5.91 Å². The van der Waals surface area contributed by atoms with E-state index in [1.165, 1.54) is 0 Å². The van der Waals surface area contributed by atoms with E-state index in [1.807, 2.05) is 39.8 Å². The summed E-state index contributed by atoms with van der Waals surface area (Å²) in [5.41, 5.74) is 2.49. The van der Waals surface area contributed by atoms with Crippen LogP contribution in [0.25, 0.3) is 11.0 Å². The molecule has 0 aliphatic carbocycles. The molecular weight excluding hydrogens is 458 g/mol. The second-order valence-electron chi connectivity index (χ2n) is 10.4. The first-order valence-electron chi connectivity index (χ1n) is 12.4. The SMILES string of the molecule is CCC(CC)(c1ccc(OCC(O)C(C)(C)C)c(C)c1)c1cc2cc(C(=O)NCC(=O)O)ccc2o1. The minimum absolute atomic E-state index is 0.225. The highest BCUT2D eigenvalue weighted by Gasteiger charge is 2.35. The lowest BCUT2D eigenvalue weighted by Gasteiger charge is -2.31. The molecule has 1 atom stereocenters. The van der Waals surface area contributed by atoms with Crippen molar-refractivity contribution in [3.8, 4) is 5.75 Å². The number of aliphatic hydroxyl groups is 1. The quantitative estimate of drug-likeness (QED) is 0.345. The van der Waals surface area contributed by atoms with Crippen molar-refractivity contribution in [1.82, 2.24) is 5.32 Å². The lowest BCUT2D eigenvalue weighted by molar-refractivity contribution is -0.135. The van der Waals surface area contributed by atoms with Gasteiger partial charge in [-0.25, -0.2) is 0 Å². The predicted octanol–water partition coefficient (Wildman–Crippen LogP) is 5.45. The van der Waals surface area contributed by atoms with Gasteiger partial charge in [-0.05, 0) is 66.6 Å². The molecule has 7 heteroatoms. The van der Waals surface area contributed by atoms with Gasteiger partial charge in [0.15, 0.2) is 0 Å². The number of benzene rings is 2. The zero-order chi connectivity index (χ0) is 26.7. The van der Waals surface area contributed by atoms with Crippen LogP contribution >= 0.6 is 0 Å². The number of carboxylic acid groups (broad SMARTS) is 1. The van der Waals surface area contributed by atoms with Crippen molar-refractivity contribution in [2.45, 2.75) is 65.9 Å². The Morgan fingerprint density at radius 2 is 1.75 bits per heavy atom. The monoisotopic (exact) mass is 495 g/mol. The molecule has 2 aromatic carbocycles. The molecule has 1 heterocycles. The number of aliphatic hydroxyl groups excluding tert-OH is 1. The van der Waals surface area contributed by atoms with Gasteiger partial charge in [-0.3, -0.25) is 9.59 Å². The molecule has 1 amide bonds. The Hall–Kier alpha value is -3.32. The van der Waals surface area contributed by atoms with Crippen molar-refractivity contribution in [2.75, 3.05) is 13.2 Å². The Labute approximate surface area is 212 Å². The van der Waals surface area contributed by atoms with E-state index in [4.69, 9.17) is 14.3 Å². The van der Waals surface area contributed by atoms with Crippen LogP contribution in [0, 0.1) is 12.3 Å². The molecule has 0 aliphatic rings. The molecule has 1 unspecified atom stereocenters. The number of carbonyl (C=O) groups excluding carboxylic acids is 1. The molecule has 3 aromatic rings. The molecule has 0 saturated heterocycles. The molecule has 0 fully saturated rings. The summed E-state index contributed by atoms with van der Waals surface area (Å²) in [6.07, 6.45) is 1.03. The molecule has 1 aromatic heterocycles. The van der Waals surface area contributed by atoms with E-state index < -0.39 is 24.5 Å². The molecule has 7 nitrogen and oxygen atoms in total. The van der Waals surface area contributed by atoms with Gasteiger partial charge in [-0.15, -0.1) is 0 Å². The lowest BCUT2D eigenvalue weighted by atomic mass is 9.73. The summed E-state index contributed by atoms with van der Waals surface area (Å²) < 4.78 is 12.2. The molecule has 194 valence electrons. The van der Waals surface area contributed by atoms with Crippen LogP contribution in [-0.2, 0) is 10.2 Å². The highest BCUT2D eigenvalue weighted by atomic mass is 16.5. The highest BCUT2D eigenvalue weighted by Crippen LogP contribution is 2.42. The number of hydrogen-bond acceptors (Lipinski definition) is 5. The molecular formula is C29H37NO6. The van der Waals surface area contributed by atoms with E-state index >= 15 is 0 Å². The average molecular weight is 496 g/mol. The summed E-state index contributed by atoms with van der Waals surface area (Å²) in [7, 11) is 0. The van der Waals surface area contributed by atoms with E-state index in [-0.39, 0.29) is 17.4 Å². The Morgan fingerprint density at radius 3 is 2.33 bits per heavy atom. The van der Waals surface area contributed by atoms with Crippen LogP contribution in [0.5, 0.6) is 5.75 Å². The third-order valence-corrected chi connectivity index (χ3v) is 6.98. The van der Waals surface area contributed by atoms with Crippen LogP contribution in [0.4, 0.5) is 0 Å². The highest BCUT2D eigenvalue weighted by molar-refractivity contribution is 5.99. The fourth-order valence-corrected chi connectivity index (χ4v) is 4.36. The third-order valence-electron chi connectivity index (χ3n) is 6.98. The number of furan rings is 1. The molecule has 0 spiro atoms. The second kappa shape index (κ2) is 10.7. The number of rotatable bonds is 10. The fraction of sp³-hybridized carbons (Fsp3) is 0.448. The van der Waals surface area contributed by atoms with Gasteiger partial charge < -0.3 is 24.7 Å². The number of fused-ring (bicyclic) bond motifs is 1. The van der Waals surface area contributed by atoms with Crippen molar-refractivity contribution >= 4 is 22.8 Å². The average Bonchev–Trinajstić information content (AvgIpc) is 3.26. The minimum atomic E-state index is -1.09. The Bertz CT molecular complexity index is 1230. The van der Waals surface area contributed by atoms with E-state index in [2.05, 4.69) is 31.3 Å². The maximum atomic E-state index is 12.3. The smallest absolute Gasteiger partial charge is 0.322 e. The van der Waals surface area contributed by atoms with Crippen molar-refractivity contribution in [2.24, 2.45) is 5.41 Å². The van der Waals surface area contributed by atoms with E-state index in [9.17, 15) is 14.7 Å². The molecule has 0 bridgehead atoms. The van der Waals surface area contributed by atoms with Gasteiger partial charge in [0.05, 0.1) is 11.5 Å². The molecule has 0 radical (unpaired) electrons. The molecule has 36 heavy (non-hydrogen) atoms. The van der Waals surface area contributed by atoms with Gasteiger partial charge in [-0.2, -0.15) is 0 Å². The number of amides is 1. The van der Waals surface area contributed by atoms with Crippen LogP contribution in [0.1, 0.15) is 74.7 Å². The first-order valence-corrected chi connectivity index (χ1v) is 12.4. The van der Waals surface area contributed by atoms with Crippen LogP contribution in [-0.4, -0.2) is 41.3 Å². The van der Waals surface area contributed by atoms with Gasteiger partial charge >= 0.3 is 5.97 Å². The third kappa shape index (κ3) is 5.73. The number of aryl methyl sites for hydroxylation is 1. The molecule has 0 saturated carbocycles. The van der Waals surface area contributed by atoms with Crippen LogP contribution in [0.15, 0.2) is 46.9 Å². The number of carbonyl (C=O) groups is 2. The summed E-state index contributed by atoms with van der Waals surface area (Å²) in [5, 5.41) is 22.3. The number of nitrogens with one attached hydrogen (secondary N) is 1. The first-order chi connectivity index (χ1) is 16.9. The Kier molecular flexibility index (Phi) is 8.14. The van der Waals surface area contributed by atoms with E-state index in [0.717, 1.165) is 40.9 Å². The predicted molar refractivity (Wildman–Crippen MR) is 140 cm³/mol. The number of ether oxygens (including phenoxy) is 1. The van der Waals surface area contributed by atoms with Crippen molar-refractivity contribution in [3.05, 3.63) is 64.9 Å². The summed E-state index contributed by atoms with van der Waals surface area (Å²) in [5.74, 6) is 0.0106. The maximum absolute atomic E-state index is 12.3. The Morgan fingerprint density at radius 1 is 1.06 bits per heavy atom. The summed E-state index contributed by atoms with van der Waals surface area (Å²) >= 11 is 0. The van der Waals surface area contributed by atoms with Gasteiger partial charge in [0.2, 0.25) is 0 Å². The van der Waals surface area contributed by atoms with Crippen LogP contribution < -0.4 is 10.1 Å². The fourth-order valence-electron chi connectivity index (χ4n) is 4.36. The van der Waals surface area contributed by atoms with Gasteiger partial charge in [0, 0.05) is 10.9 Å². The van der Waals surface area contributed by atoms with E-state index in [0.29, 0.717) is 11.1 Å². The summed E-state index contributed by atoms with van der Waals surface area (Å²) in [6.45, 7) is 12.0. The number of aliphatic carboxylic acids is 1. The zero-order valence-electron chi connectivity index (χ0n) is 22.0. The topological polar surface area (TPSA) is 109 Å². The second-order valence-corrected chi connectivity index (χ2v) is 10.4. The van der Waals surface area contributed by atoms with Crippen LogP contribution in [0.2, 0.25) is 0 Å². The number of carboxylic acids is 1. The van der Waals surface area contributed by atoms with Gasteiger partial charge in [-0.1, -0.05) is 46.8 Å². The van der Waals surface area contributed by atoms with Crippen LogP contribution in [0.3, 0.4) is 0 Å². The standard InChI is InChI=1S/C29H37NO6/c1-7-29(8-2,21-10-12-22(18(3)13-21)35-17-24(31)28(4,5)6)25-15-20-14-19(9-11-23(20)36-25)27(34)30-16-26(32)33/h9-15,24,31H,7-8,16-17H2,1-6H3,(H,30,34)(H,32,33). The lowest BCUT2D eigenvalue weighted by Crippen LogP contribution is -2.32. The largest absolute Gasteiger partial charge is 0.491 e. The Balaban J connectivity index is 1.92. The van der Waals surface area contributed by atoms with Crippen molar-refractivity contribution in [3.63, 3.8) is 0 Å². The number of hydrogen-bond donors (Lipinski definition) is 3.